The van der Waals surface area contributed by atoms with Gasteiger partial charge in [0.2, 0.25) is 0 Å². The van der Waals surface area contributed by atoms with Crippen LogP contribution in [0.15, 0.2) is 89.9 Å². The molecule has 2 amide bonds. The summed E-state index contributed by atoms with van der Waals surface area (Å²) >= 11 is 0. The number of benzene rings is 3. The number of nitrogens with two attached hydrogens (primary N) is 1. The lowest BCUT2D eigenvalue weighted by atomic mass is 10.1. The molecule has 3 rings (SSSR count). The second kappa shape index (κ2) is 10.5. The Labute approximate surface area is 184 Å². The summed E-state index contributed by atoms with van der Waals surface area (Å²) in [6.07, 6.45) is -0.861. The van der Waals surface area contributed by atoms with Crippen molar-refractivity contribution in [3.8, 4) is 0 Å². The summed E-state index contributed by atoms with van der Waals surface area (Å²) in [5.74, 6) is -1.80. The van der Waals surface area contributed by atoms with Crippen molar-refractivity contribution in [1.29, 1.82) is 0 Å². The van der Waals surface area contributed by atoms with Crippen molar-refractivity contribution in [3.63, 3.8) is 0 Å². The van der Waals surface area contributed by atoms with Gasteiger partial charge in [0, 0.05) is 16.8 Å². The van der Waals surface area contributed by atoms with Crippen molar-refractivity contribution in [2.45, 2.75) is 6.61 Å². The van der Waals surface area contributed by atoms with Gasteiger partial charge >= 0.3 is 12.1 Å². The fourth-order valence-corrected chi connectivity index (χ4v) is 2.91. The molecule has 32 heavy (non-hydrogen) atoms. The van der Waals surface area contributed by atoms with Crippen LogP contribution in [0, 0.1) is 0 Å². The molecule has 0 saturated heterocycles. The molecule has 162 valence electrons. The monoisotopic (exact) mass is 431 g/mol. The van der Waals surface area contributed by atoms with Gasteiger partial charge in [-0.2, -0.15) is 4.99 Å². The molecule has 0 aliphatic carbocycles. The molecule has 0 atom stereocenters. The molecule has 0 aliphatic rings. The van der Waals surface area contributed by atoms with Gasteiger partial charge in [-0.25, -0.2) is 4.79 Å². The Kier molecular flexibility index (Phi) is 7.32. The summed E-state index contributed by atoms with van der Waals surface area (Å²) in [5, 5.41) is 9.23. The average molecular weight is 431 g/mol. The average Bonchev–Trinajstić information content (AvgIpc) is 2.82. The van der Waals surface area contributed by atoms with Gasteiger partial charge in [-0.3, -0.25) is 14.5 Å². The fourth-order valence-electron chi connectivity index (χ4n) is 2.91. The van der Waals surface area contributed by atoms with E-state index in [1.807, 2.05) is 30.3 Å². The van der Waals surface area contributed by atoms with E-state index in [0.717, 1.165) is 10.5 Å². The van der Waals surface area contributed by atoms with Crippen molar-refractivity contribution in [3.05, 3.63) is 102 Å². The first-order chi connectivity index (χ1) is 15.4. The van der Waals surface area contributed by atoms with Crippen LogP contribution in [0.4, 0.5) is 10.5 Å². The number of ether oxygens (including phenoxy) is 1. The molecular weight excluding hydrogens is 410 g/mol. The first-order valence-corrected chi connectivity index (χ1v) is 9.68. The highest BCUT2D eigenvalue weighted by atomic mass is 16.5. The lowest BCUT2D eigenvalue weighted by Crippen LogP contribution is -2.35. The van der Waals surface area contributed by atoms with E-state index in [9.17, 15) is 19.5 Å². The highest BCUT2D eigenvalue weighted by Crippen LogP contribution is 2.17. The highest BCUT2D eigenvalue weighted by Gasteiger charge is 2.21. The molecule has 0 fully saturated rings. The molecule has 0 radical (unpaired) electrons. The summed E-state index contributed by atoms with van der Waals surface area (Å²) in [6.45, 7) is -0.460. The van der Waals surface area contributed by atoms with Crippen molar-refractivity contribution < 1.29 is 24.2 Å². The van der Waals surface area contributed by atoms with Gasteiger partial charge in [-0.1, -0.05) is 60.7 Å². The number of hydrogen-bond donors (Lipinski definition) is 2. The zero-order valence-electron chi connectivity index (χ0n) is 17.0. The number of aliphatic carboxylic acids is 1. The molecule has 3 aromatic rings. The number of amidine groups is 1. The number of aliphatic imine (C=N–C) groups is 1. The zero-order valence-corrected chi connectivity index (χ0v) is 17.0. The van der Waals surface area contributed by atoms with Crippen LogP contribution in [0.5, 0.6) is 0 Å². The standard InChI is InChI=1S/C24H21N3O5/c25-22(26-24(31)32-16-17-8-3-1-4-9-17)18-10-7-11-19(14-18)23(30)27(15-21(28)29)20-12-5-2-6-13-20/h1-14H,15-16H2,(H,28,29)(H2,25,26,31). The smallest absolute Gasteiger partial charge is 0.435 e. The molecular formula is C24H21N3O5. The van der Waals surface area contributed by atoms with Crippen LogP contribution in [-0.4, -0.2) is 35.5 Å². The van der Waals surface area contributed by atoms with Crippen LogP contribution < -0.4 is 10.6 Å². The van der Waals surface area contributed by atoms with Crippen LogP contribution >= 0.6 is 0 Å². The topological polar surface area (TPSA) is 122 Å². The number of carbonyl (C=O) groups is 3. The lowest BCUT2D eigenvalue weighted by molar-refractivity contribution is -0.135. The van der Waals surface area contributed by atoms with Crippen molar-refractivity contribution >= 4 is 29.5 Å². The van der Waals surface area contributed by atoms with Crippen LogP contribution in [0.25, 0.3) is 0 Å². The number of amides is 2. The zero-order chi connectivity index (χ0) is 22.9. The molecule has 3 aromatic carbocycles. The van der Waals surface area contributed by atoms with Crippen LogP contribution in [-0.2, 0) is 16.1 Å². The summed E-state index contributed by atoms with van der Waals surface area (Å²) in [6, 6.07) is 23.7. The minimum atomic E-state index is -1.15. The van der Waals surface area contributed by atoms with Gasteiger partial charge in [0.25, 0.3) is 5.91 Å². The van der Waals surface area contributed by atoms with Gasteiger partial charge in [0.15, 0.2) is 0 Å². The Morgan fingerprint density at radius 2 is 1.50 bits per heavy atom. The van der Waals surface area contributed by atoms with Gasteiger partial charge in [-0.15, -0.1) is 0 Å². The number of carbonyl (C=O) groups excluding carboxylic acids is 2. The largest absolute Gasteiger partial charge is 0.480 e. The Morgan fingerprint density at radius 1 is 0.875 bits per heavy atom. The SMILES string of the molecule is NC(=NC(=O)OCc1ccccc1)c1cccc(C(=O)N(CC(=O)O)c2ccccc2)c1. The predicted octanol–water partition coefficient (Wildman–Crippen LogP) is 3.46. The molecule has 8 heteroatoms. The minimum absolute atomic E-state index is 0.0518. The molecule has 0 saturated carbocycles. The summed E-state index contributed by atoms with van der Waals surface area (Å²) in [7, 11) is 0. The van der Waals surface area contributed by atoms with Crippen LogP contribution in [0.2, 0.25) is 0 Å². The molecule has 0 unspecified atom stereocenters. The summed E-state index contributed by atoms with van der Waals surface area (Å²) < 4.78 is 5.09. The van der Waals surface area contributed by atoms with Gasteiger partial charge in [0.1, 0.15) is 19.0 Å². The third kappa shape index (κ3) is 6.02. The lowest BCUT2D eigenvalue weighted by Gasteiger charge is -2.21. The van der Waals surface area contributed by atoms with Crippen molar-refractivity contribution in [2.75, 3.05) is 11.4 Å². The summed E-state index contributed by atoms with van der Waals surface area (Å²) in [5.41, 5.74) is 7.71. The van der Waals surface area contributed by atoms with E-state index in [0.29, 0.717) is 11.3 Å². The maximum atomic E-state index is 13.0. The molecule has 0 bridgehead atoms. The Balaban J connectivity index is 1.76. The number of para-hydroxylation sites is 1. The fraction of sp³-hybridized carbons (Fsp3) is 0.0833. The number of nitrogens with zero attached hydrogens (tertiary/aromatic N) is 2. The van der Waals surface area contributed by atoms with Gasteiger partial charge in [0.05, 0.1) is 0 Å². The summed E-state index contributed by atoms with van der Waals surface area (Å²) in [4.78, 5) is 41.2. The number of carboxylic acids is 1. The second-order valence-electron chi connectivity index (χ2n) is 6.74. The first kappa shape index (κ1) is 22.2. The molecule has 0 aromatic heterocycles. The number of rotatable bonds is 7. The Bertz CT molecular complexity index is 1130. The maximum Gasteiger partial charge on any atom is 0.435 e. The van der Waals surface area contributed by atoms with Crippen LogP contribution in [0.1, 0.15) is 21.5 Å². The Morgan fingerprint density at radius 3 is 2.16 bits per heavy atom. The Hall–Kier alpha value is -4.46. The van der Waals surface area contributed by atoms with Crippen molar-refractivity contribution in [1.82, 2.24) is 0 Å². The van der Waals surface area contributed by atoms with E-state index in [2.05, 4.69) is 4.99 Å². The molecule has 0 spiro atoms. The second-order valence-corrected chi connectivity index (χ2v) is 6.74. The first-order valence-electron chi connectivity index (χ1n) is 9.68. The maximum absolute atomic E-state index is 13.0. The van der Waals surface area contributed by atoms with Gasteiger partial charge in [-0.05, 0) is 29.8 Å². The van der Waals surface area contributed by atoms with E-state index in [1.165, 1.54) is 12.1 Å². The van der Waals surface area contributed by atoms with E-state index in [1.54, 1.807) is 42.5 Å². The van der Waals surface area contributed by atoms with E-state index < -0.39 is 24.5 Å². The van der Waals surface area contributed by atoms with Crippen LogP contribution in [0.3, 0.4) is 0 Å². The highest BCUT2D eigenvalue weighted by molar-refractivity contribution is 6.10. The third-order valence-electron chi connectivity index (χ3n) is 4.43. The number of anilines is 1. The molecule has 8 nitrogen and oxygen atoms in total. The quantitative estimate of drug-likeness (QED) is 0.436. The number of hydrogen-bond acceptors (Lipinski definition) is 4. The molecule has 0 aliphatic heterocycles. The van der Waals surface area contributed by atoms with E-state index in [4.69, 9.17) is 10.5 Å². The third-order valence-corrected chi connectivity index (χ3v) is 4.43. The molecule has 3 N–H and O–H groups in total. The minimum Gasteiger partial charge on any atom is -0.480 e. The molecule has 0 heterocycles. The number of carboxylic acid groups (broad SMARTS) is 1. The van der Waals surface area contributed by atoms with Crippen molar-refractivity contribution in [2.24, 2.45) is 10.7 Å². The normalized spacial score (nSPS) is 10.9. The van der Waals surface area contributed by atoms with Gasteiger partial charge < -0.3 is 15.6 Å². The van der Waals surface area contributed by atoms with E-state index >= 15 is 0 Å². The predicted molar refractivity (Wildman–Crippen MR) is 120 cm³/mol. The van der Waals surface area contributed by atoms with E-state index in [-0.39, 0.29) is 18.0 Å².